The zero-order valence-electron chi connectivity index (χ0n) is 55.4. The number of benzene rings is 2. The number of ketones is 1. The number of ether oxygens (including phenoxy) is 7. The Bertz CT molecular complexity index is 3260. The molecule has 98 heavy (non-hydrogen) atoms. The number of hydrogen-bond acceptors (Lipinski definition) is 24. The van der Waals surface area contributed by atoms with Crippen LogP contribution in [0.1, 0.15) is 130 Å². The van der Waals surface area contributed by atoms with Gasteiger partial charge in [0.05, 0.1) is 55.6 Å². The van der Waals surface area contributed by atoms with Crippen LogP contribution in [-0.2, 0) is 52.3 Å². The summed E-state index contributed by atoms with van der Waals surface area (Å²) in [4.78, 5) is 54.5. The summed E-state index contributed by atoms with van der Waals surface area (Å²) in [6.07, 6.45) is -15.7. The normalized spacial score (nSPS) is 35.1. The number of nitrogens with zero attached hydrogens (tertiary/aromatic N) is 6. The molecule has 2 aromatic heterocycles. The number of aliphatic carboxylic acids is 1. The molecule has 31 heteroatoms. The maximum absolute atomic E-state index is 14.4. The van der Waals surface area contributed by atoms with E-state index in [2.05, 4.69) is 36.6 Å². The zero-order chi connectivity index (χ0) is 70.1. The highest BCUT2D eigenvalue weighted by atomic mass is 19.1. The van der Waals surface area contributed by atoms with Crippen LogP contribution in [0.4, 0.5) is 8.78 Å². The number of rotatable bonds is 28. The maximum atomic E-state index is 14.4. The van der Waals surface area contributed by atoms with Gasteiger partial charge in [-0.15, -0.1) is 10.2 Å². The van der Waals surface area contributed by atoms with Gasteiger partial charge in [-0.2, -0.15) is 0 Å². The van der Waals surface area contributed by atoms with Crippen molar-refractivity contribution in [2.75, 3.05) is 26.2 Å². The Morgan fingerprint density at radius 1 is 0.673 bits per heavy atom. The van der Waals surface area contributed by atoms with E-state index in [1.165, 1.54) is 72.0 Å². The summed E-state index contributed by atoms with van der Waals surface area (Å²) < 4.78 is 75.4. The minimum atomic E-state index is -1.71. The molecular formula is C67H95F2N9O20. The first-order chi connectivity index (χ1) is 47.0. The molecule has 6 fully saturated rings. The van der Waals surface area contributed by atoms with Crippen LogP contribution in [0.25, 0.3) is 22.5 Å². The molecule has 4 aromatic rings. The molecule has 24 atom stereocenters. The molecule has 542 valence electrons. The molecule has 3 saturated heterocycles. The summed E-state index contributed by atoms with van der Waals surface area (Å²) in [6.45, 7) is 6.31. The molecule has 10 rings (SSSR count). The van der Waals surface area contributed by atoms with Crippen LogP contribution in [0.2, 0.25) is 0 Å². The fourth-order valence-electron chi connectivity index (χ4n) is 14.8. The van der Waals surface area contributed by atoms with Crippen molar-refractivity contribution in [2.45, 2.75) is 246 Å². The standard InChI is InChI=1S/C67H95F2N9O20/c1-5-36-24-39(28-49(61(36)98-67-60(88)59(87)54(82)33(3)92-67)96-65-52(72-34(4)80)62(57(85)51(32-79)97-65)93-50(64(90)91)23-35-13-8-7-9-14-35)46(81)19-12-20-70-21-22-71-63(89)40-27-45(77-30-43(73-75-77)37-15-10-17-41(68)25-37)55(83)48(29-40)95-66-58(86)53(56(84)47(6-2)94-66)78-31-44(74-76-78)38-16-11-18-42(69)26-38/h10-11,15-18,25-26,30-31,33,35-36,39-40,45,47-62,65-67,70,79,82-88H,5-9,12-14,19-24,27-29,32H2,1-4H3,(H,71,89)(H,72,80)(H,90,91)/t33?,36?,39?,40-,45?,47?,48+,49+,50-,51-,52?,53?,54+,55?,56-,57-,58+,59-,60?,61+,62?,65+,66-,67-/m0/s1. The molecule has 0 radical (unpaired) electrons. The quantitative estimate of drug-likeness (QED) is 0.0360. The van der Waals surface area contributed by atoms with Crippen LogP contribution < -0.4 is 16.0 Å². The van der Waals surface area contributed by atoms with Crippen molar-refractivity contribution >= 4 is 23.6 Å². The van der Waals surface area contributed by atoms with Gasteiger partial charge in [0.25, 0.3) is 0 Å². The molecule has 0 bridgehead atoms. The Hall–Kier alpha value is -5.98. The predicted octanol–water partition coefficient (Wildman–Crippen LogP) is 1.76. The van der Waals surface area contributed by atoms with E-state index in [-0.39, 0.29) is 75.4 Å². The van der Waals surface area contributed by atoms with Crippen molar-refractivity contribution in [3.8, 4) is 22.5 Å². The maximum Gasteiger partial charge on any atom is 0.332 e. The summed E-state index contributed by atoms with van der Waals surface area (Å²) in [5.74, 6) is -5.36. The largest absolute Gasteiger partial charge is 0.479 e. The minimum absolute atomic E-state index is 0.0107. The van der Waals surface area contributed by atoms with Crippen LogP contribution in [0.15, 0.2) is 60.9 Å². The fraction of sp³-hybridized carbons (Fsp3) is 0.701. The highest BCUT2D eigenvalue weighted by molar-refractivity contribution is 5.81. The molecule has 10 unspecified atom stereocenters. The number of carboxylic acid groups (broad SMARTS) is 1. The van der Waals surface area contributed by atoms with E-state index in [9.17, 15) is 73.9 Å². The monoisotopic (exact) mass is 1380 g/mol. The molecule has 12 N–H and O–H groups in total. The summed E-state index contributed by atoms with van der Waals surface area (Å²) in [5, 5.41) is 127. The van der Waals surface area contributed by atoms with E-state index in [4.69, 9.17) is 33.2 Å². The van der Waals surface area contributed by atoms with Gasteiger partial charge in [0.1, 0.15) is 95.8 Å². The molecule has 6 aliphatic rings. The number of carbonyl (C=O) groups excluding carboxylic acids is 3. The van der Waals surface area contributed by atoms with Gasteiger partial charge in [0, 0.05) is 49.4 Å². The number of aromatic nitrogens is 6. The lowest BCUT2D eigenvalue weighted by molar-refractivity contribution is -0.338. The molecule has 2 aromatic carbocycles. The average Bonchev–Trinajstić information content (AvgIpc) is 1.02. The first-order valence-corrected chi connectivity index (χ1v) is 34.4. The van der Waals surface area contributed by atoms with Gasteiger partial charge in [-0.1, -0.05) is 87.1 Å². The van der Waals surface area contributed by atoms with Crippen LogP contribution in [0.5, 0.6) is 0 Å². The van der Waals surface area contributed by atoms with E-state index in [0.29, 0.717) is 36.2 Å². The third-order valence-corrected chi connectivity index (χ3v) is 20.3. The second-order valence-electron chi connectivity index (χ2n) is 27.0. The SMILES string of the molecule is CCC1O[C@@H](O[C@@H]2C[C@@H](C(=O)NCCNCCCC(=O)C3CC(CC)[C@@H](O[C@@H]4OC(C)[C@@H](O)[C@H](O)C4O)[C@H](O[C@@H]4O[C@@H](CO)[C@H](O)C(O[C@@H](CC5CCCCC5)C(=O)O)C4NC(C)=O)C3)CC(n3cc(-c4cccc(F)c4)nn3)C2O)[C@H](O)C(n2cc(-c3cccc(F)c3)nn2)[C@H]1O. The van der Waals surface area contributed by atoms with Gasteiger partial charge in [0.2, 0.25) is 11.8 Å². The number of aliphatic hydroxyl groups excluding tert-OH is 8. The Kier molecular flexibility index (Phi) is 26.0. The van der Waals surface area contributed by atoms with E-state index < -0.39 is 182 Å². The van der Waals surface area contributed by atoms with Crippen LogP contribution in [0.3, 0.4) is 0 Å². The Balaban J connectivity index is 0.791. The molecule has 2 amide bonds. The Morgan fingerprint density at radius 2 is 1.32 bits per heavy atom. The number of Topliss-reactive ketones (excluding diaryl/α,β-unsaturated/α-hetero) is 1. The smallest absolute Gasteiger partial charge is 0.332 e. The molecule has 3 aliphatic heterocycles. The zero-order valence-corrected chi connectivity index (χ0v) is 55.4. The van der Waals surface area contributed by atoms with E-state index in [1.54, 1.807) is 19.1 Å². The number of carbonyl (C=O) groups is 4. The van der Waals surface area contributed by atoms with Gasteiger partial charge in [0.15, 0.2) is 25.0 Å². The lowest BCUT2D eigenvalue weighted by Gasteiger charge is -2.49. The Morgan fingerprint density at radius 3 is 1.96 bits per heavy atom. The van der Waals surface area contributed by atoms with Crippen LogP contribution in [-0.4, -0.2) is 242 Å². The van der Waals surface area contributed by atoms with Crippen LogP contribution in [0, 0.1) is 35.3 Å². The van der Waals surface area contributed by atoms with Crippen molar-refractivity contribution in [3.63, 3.8) is 0 Å². The molecule has 0 spiro atoms. The highest BCUT2D eigenvalue weighted by Crippen LogP contribution is 2.43. The number of carboxylic acids is 1. The summed E-state index contributed by atoms with van der Waals surface area (Å²) in [6, 6.07) is 7.92. The lowest BCUT2D eigenvalue weighted by Crippen LogP contribution is -2.67. The number of halogens is 2. The molecule has 3 aliphatic carbocycles. The van der Waals surface area contributed by atoms with E-state index in [0.717, 1.165) is 32.1 Å². The molecule has 3 saturated carbocycles. The van der Waals surface area contributed by atoms with E-state index in [1.807, 2.05) is 6.92 Å². The molecule has 5 heterocycles. The highest BCUT2D eigenvalue weighted by Gasteiger charge is 2.54. The Labute approximate surface area is 565 Å². The summed E-state index contributed by atoms with van der Waals surface area (Å²) in [5.41, 5.74) is 1.38. The predicted molar refractivity (Wildman–Crippen MR) is 339 cm³/mol. The second kappa shape index (κ2) is 34.1. The van der Waals surface area contributed by atoms with Gasteiger partial charge in [-0.05, 0) is 94.5 Å². The van der Waals surface area contributed by atoms with Crippen molar-refractivity contribution in [2.24, 2.45) is 23.7 Å². The van der Waals surface area contributed by atoms with Gasteiger partial charge in [-0.25, -0.2) is 22.9 Å². The van der Waals surface area contributed by atoms with Crippen molar-refractivity contribution < 1.29 is 107 Å². The van der Waals surface area contributed by atoms with Gasteiger partial charge in [-0.3, -0.25) is 14.4 Å². The van der Waals surface area contributed by atoms with Gasteiger partial charge < -0.3 is 95.1 Å². The van der Waals surface area contributed by atoms with Gasteiger partial charge >= 0.3 is 5.97 Å². The number of nitrogens with one attached hydrogen (secondary N) is 3. The summed E-state index contributed by atoms with van der Waals surface area (Å²) >= 11 is 0. The molecular weight excluding hydrogens is 1290 g/mol. The van der Waals surface area contributed by atoms with Crippen molar-refractivity contribution in [3.05, 3.63) is 72.6 Å². The number of hydrogen-bond donors (Lipinski definition) is 12. The van der Waals surface area contributed by atoms with Crippen molar-refractivity contribution in [1.29, 1.82) is 0 Å². The van der Waals surface area contributed by atoms with Crippen LogP contribution >= 0.6 is 0 Å². The topological polar surface area (TPSA) is 412 Å². The number of amides is 2. The average molecular weight is 1380 g/mol. The minimum Gasteiger partial charge on any atom is -0.479 e. The first kappa shape index (κ1) is 74.7. The summed E-state index contributed by atoms with van der Waals surface area (Å²) in [7, 11) is 0. The lowest BCUT2D eigenvalue weighted by atomic mass is 9.74. The fourth-order valence-corrected chi connectivity index (χ4v) is 14.8. The third-order valence-electron chi connectivity index (χ3n) is 20.3. The molecule has 29 nitrogen and oxygen atoms in total. The third kappa shape index (κ3) is 17.8. The second-order valence-corrected chi connectivity index (χ2v) is 27.0. The van der Waals surface area contributed by atoms with Crippen molar-refractivity contribution in [1.82, 2.24) is 45.9 Å². The first-order valence-electron chi connectivity index (χ1n) is 34.4. The number of aliphatic hydroxyl groups is 8. The van der Waals surface area contributed by atoms with E-state index >= 15 is 0 Å².